The number of aromatic nitrogens is 1. The van der Waals surface area contributed by atoms with Crippen molar-refractivity contribution in [2.24, 2.45) is 0 Å². The maximum absolute atomic E-state index is 14.3. The van der Waals surface area contributed by atoms with Crippen molar-refractivity contribution in [2.75, 3.05) is 4.90 Å². The molecule has 2 heterocycles. The van der Waals surface area contributed by atoms with Crippen molar-refractivity contribution < 1.29 is 9.59 Å². The van der Waals surface area contributed by atoms with E-state index < -0.39 is 0 Å². The third kappa shape index (κ3) is 3.54. The van der Waals surface area contributed by atoms with Gasteiger partial charge in [-0.3, -0.25) is 9.59 Å². The average Bonchev–Trinajstić information content (AvgIpc) is 3.44. The fourth-order valence-corrected chi connectivity index (χ4v) is 6.40. The molecule has 7 rings (SSSR count). The first-order chi connectivity index (χ1) is 19.9. The zero-order chi connectivity index (χ0) is 28.4. The van der Waals surface area contributed by atoms with Crippen LogP contribution in [0, 0.1) is 27.3 Å². The van der Waals surface area contributed by atoms with Crippen LogP contribution < -0.4 is 4.90 Å². The number of para-hydroxylation sites is 2. The molecule has 6 aromatic rings. The number of imide groups is 1. The molecule has 0 atom stereocenters. The Morgan fingerprint density at radius 3 is 2.07 bits per heavy atom. The summed E-state index contributed by atoms with van der Waals surface area (Å²) in [5.41, 5.74) is 9.40. The van der Waals surface area contributed by atoms with E-state index in [-0.39, 0.29) is 11.8 Å². The van der Waals surface area contributed by atoms with Crippen molar-refractivity contribution in [3.63, 3.8) is 0 Å². The molecule has 1 aromatic heterocycles. The molecule has 0 aliphatic carbocycles. The molecule has 0 spiro atoms. The minimum absolute atomic E-state index is 0.308. The third-order valence-electron chi connectivity index (χ3n) is 7.99. The highest BCUT2D eigenvalue weighted by atomic mass is 16.2. The number of benzene rings is 5. The van der Waals surface area contributed by atoms with Gasteiger partial charge in [0.25, 0.3) is 11.8 Å². The lowest BCUT2D eigenvalue weighted by Gasteiger charge is -2.20. The predicted octanol–water partition coefficient (Wildman–Crippen LogP) is 8.73. The normalized spacial score (nSPS) is 12.8. The number of fused-ring (bicyclic) bond motifs is 4. The first kappa shape index (κ1) is 24.6. The number of hydrogen-bond donors (Lipinski definition) is 0. The van der Waals surface area contributed by atoms with Crippen molar-refractivity contribution in [3.8, 4) is 16.8 Å². The van der Waals surface area contributed by atoms with E-state index in [1.165, 1.54) is 4.90 Å². The Morgan fingerprint density at radius 1 is 0.683 bits per heavy atom. The SMILES string of the molecule is [C-]#[N+]c1ccc(-c2cccc3c4ccccc4n(-c4cccc5c4C(=O)N(c4c(C)cc(C)cc4C)C5=O)c23)cc1. The molecule has 0 bridgehead atoms. The monoisotopic (exact) mass is 531 g/mol. The summed E-state index contributed by atoms with van der Waals surface area (Å²) >= 11 is 0. The quantitative estimate of drug-likeness (QED) is 0.169. The second-order valence-electron chi connectivity index (χ2n) is 10.6. The lowest BCUT2D eigenvalue weighted by atomic mass is 10.0. The number of carbonyl (C=O) groups excluding carboxylic acids is 2. The minimum Gasteiger partial charge on any atom is -0.308 e. The van der Waals surface area contributed by atoms with Gasteiger partial charge >= 0.3 is 0 Å². The lowest BCUT2D eigenvalue weighted by molar-refractivity contribution is 0.0925. The lowest BCUT2D eigenvalue weighted by Crippen LogP contribution is -2.31. The van der Waals surface area contributed by atoms with E-state index in [9.17, 15) is 9.59 Å². The largest absolute Gasteiger partial charge is 0.308 e. The summed E-state index contributed by atoms with van der Waals surface area (Å²) in [6.07, 6.45) is 0. The molecule has 5 aromatic carbocycles. The van der Waals surface area contributed by atoms with Crippen LogP contribution in [0.1, 0.15) is 37.4 Å². The van der Waals surface area contributed by atoms with Crippen LogP contribution in [0.5, 0.6) is 0 Å². The summed E-state index contributed by atoms with van der Waals surface area (Å²) in [7, 11) is 0. The van der Waals surface area contributed by atoms with Gasteiger partial charge in [-0.05, 0) is 55.7 Å². The fourth-order valence-electron chi connectivity index (χ4n) is 6.40. The van der Waals surface area contributed by atoms with Crippen molar-refractivity contribution in [1.82, 2.24) is 4.57 Å². The van der Waals surface area contributed by atoms with Crippen LogP contribution in [0.25, 0.3) is 43.5 Å². The summed E-state index contributed by atoms with van der Waals surface area (Å²) in [5, 5.41) is 2.10. The van der Waals surface area contributed by atoms with Crippen LogP contribution in [0.2, 0.25) is 0 Å². The molecular weight excluding hydrogens is 506 g/mol. The number of nitrogens with zero attached hydrogens (tertiary/aromatic N) is 3. The van der Waals surface area contributed by atoms with E-state index in [2.05, 4.69) is 27.6 Å². The van der Waals surface area contributed by atoms with Crippen LogP contribution in [0.15, 0.2) is 97.1 Å². The van der Waals surface area contributed by atoms with Gasteiger partial charge < -0.3 is 4.57 Å². The second-order valence-corrected chi connectivity index (χ2v) is 10.6. The number of amides is 2. The van der Waals surface area contributed by atoms with Crippen LogP contribution in [-0.4, -0.2) is 16.4 Å². The zero-order valence-corrected chi connectivity index (χ0v) is 22.9. The molecule has 0 fully saturated rings. The van der Waals surface area contributed by atoms with Gasteiger partial charge in [-0.1, -0.05) is 84.4 Å². The number of anilines is 1. The smallest absolute Gasteiger partial charge is 0.268 e. The topological polar surface area (TPSA) is 46.7 Å². The molecule has 0 unspecified atom stereocenters. The first-order valence-electron chi connectivity index (χ1n) is 13.5. The third-order valence-corrected chi connectivity index (χ3v) is 7.99. The highest BCUT2D eigenvalue weighted by molar-refractivity contribution is 6.36. The molecule has 41 heavy (non-hydrogen) atoms. The van der Waals surface area contributed by atoms with Gasteiger partial charge in [-0.25, -0.2) is 9.74 Å². The van der Waals surface area contributed by atoms with Crippen molar-refractivity contribution in [2.45, 2.75) is 20.8 Å². The van der Waals surface area contributed by atoms with Crippen molar-refractivity contribution >= 4 is 45.0 Å². The molecule has 5 heteroatoms. The zero-order valence-electron chi connectivity index (χ0n) is 22.9. The van der Waals surface area contributed by atoms with E-state index >= 15 is 0 Å². The molecule has 196 valence electrons. The minimum atomic E-state index is -0.319. The first-order valence-corrected chi connectivity index (χ1v) is 13.5. The number of rotatable bonds is 3. The Morgan fingerprint density at radius 2 is 1.34 bits per heavy atom. The standard InChI is InChI=1S/C36H25N3O2/c1-21-19-22(2)33(23(3)20-21)39-35(40)29-12-8-14-31(32(29)36(39)41)38-30-13-6-5-9-27(30)28-11-7-10-26(34(28)38)24-15-17-25(37-4)18-16-24/h5-20H,1-3H3. The molecule has 0 N–H and O–H groups in total. The second kappa shape index (κ2) is 9.04. The van der Waals surface area contributed by atoms with Crippen molar-refractivity contribution in [1.29, 1.82) is 0 Å². The van der Waals surface area contributed by atoms with Crippen LogP contribution in [0.3, 0.4) is 0 Å². The van der Waals surface area contributed by atoms with Gasteiger partial charge in [-0.15, -0.1) is 0 Å². The van der Waals surface area contributed by atoms with Gasteiger partial charge in [0, 0.05) is 16.3 Å². The van der Waals surface area contributed by atoms with Gasteiger partial charge in [0.15, 0.2) is 5.69 Å². The highest BCUT2D eigenvalue weighted by Crippen LogP contribution is 2.42. The molecule has 5 nitrogen and oxygen atoms in total. The number of aryl methyl sites for hydroxylation is 3. The van der Waals surface area contributed by atoms with E-state index in [0.717, 1.165) is 49.6 Å². The predicted molar refractivity (Wildman–Crippen MR) is 164 cm³/mol. The van der Waals surface area contributed by atoms with Crippen molar-refractivity contribution in [3.05, 3.63) is 136 Å². The van der Waals surface area contributed by atoms with Crippen LogP contribution >= 0.6 is 0 Å². The summed E-state index contributed by atoms with van der Waals surface area (Å²) in [6, 6.07) is 31.4. The highest BCUT2D eigenvalue weighted by Gasteiger charge is 2.40. The molecule has 1 aliphatic heterocycles. The van der Waals surface area contributed by atoms with E-state index in [1.807, 2.05) is 93.6 Å². The van der Waals surface area contributed by atoms with Crippen LogP contribution in [-0.2, 0) is 0 Å². The summed E-state index contributed by atoms with van der Waals surface area (Å²) < 4.78 is 2.12. The fraction of sp³-hybridized carbons (Fsp3) is 0.0833. The maximum Gasteiger partial charge on any atom is 0.268 e. The molecule has 2 amide bonds. The molecule has 0 saturated carbocycles. The summed E-state index contributed by atoms with van der Waals surface area (Å²) in [6.45, 7) is 13.2. The number of carbonyl (C=O) groups is 2. The molecule has 0 saturated heterocycles. The Labute approximate surface area is 237 Å². The van der Waals surface area contributed by atoms with Crippen LogP contribution in [0.4, 0.5) is 11.4 Å². The van der Waals surface area contributed by atoms with E-state index in [4.69, 9.17) is 6.57 Å². The van der Waals surface area contributed by atoms with Gasteiger partial charge in [-0.2, -0.15) is 0 Å². The van der Waals surface area contributed by atoms with E-state index in [0.29, 0.717) is 28.2 Å². The molecular formula is C36H25N3O2. The Kier molecular flexibility index (Phi) is 5.42. The molecule has 0 radical (unpaired) electrons. The Balaban J connectivity index is 1.53. The maximum atomic E-state index is 14.3. The van der Waals surface area contributed by atoms with Gasteiger partial charge in [0.2, 0.25) is 0 Å². The Hall–Kier alpha value is -5.47. The number of hydrogen-bond acceptors (Lipinski definition) is 2. The summed E-state index contributed by atoms with van der Waals surface area (Å²) in [5.74, 6) is -0.627. The van der Waals surface area contributed by atoms with E-state index in [1.54, 1.807) is 6.07 Å². The molecule has 1 aliphatic rings. The van der Waals surface area contributed by atoms with Gasteiger partial charge in [0.1, 0.15) is 0 Å². The average molecular weight is 532 g/mol. The van der Waals surface area contributed by atoms with Gasteiger partial charge in [0.05, 0.1) is 40.1 Å². The Bertz CT molecular complexity index is 2100. The summed E-state index contributed by atoms with van der Waals surface area (Å²) in [4.78, 5) is 33.0.